The molecule has 5 nitrogen and oxygen atoms in total. The lowest BCUT2D eigenvalue weighted by Gasteiger charge is -2.19. The van der Waals surface area contributed by atoms with Gasteiger partial charge in [-0.1, -0.05) is 17.2 Å². The Morgan fingerprint density at radius 3 is 2.23 bits per heavy atom. The summed E-state index contributed by atoms with van der Waals surface area (Å²) in [6.45, 7) is 5.16. The maximum atomic E-state index is 12.4. The Labute approximate surface area is 129 Å². The normalized spacial score (nSPS) is 11.6. The van der Waals surface area contributed by atoms with Gasteiger partial charge in [0.1, 0.15) is 0 Å². The molecule has 2 rings (SSSR count). The SMILES string of the molecule is CC(=O)O[C@H](NC(=O)c1cc(C)cc(C)c1)c1ccncc1. The number of carbonyl (C=O) groups is 2. The number of aromatic nitrogens is 1. The average molecular weight is 298 g/mol. The number of ether oxygens (including phenoxy) is 1. The first-order valence-corrected chi connectivity index (χ1v) is 6.92. The standard InChI is InChI=1S/C17H18N2O3/c1-11-8-12(2)10-15(9-11)16(21)19-17(22-13(3)20)14-4-6-18-7-5-14/h4-10,17H,1-3H3,(H,19,21)/t17-/m0/s1. The molecule has 0 aliphatic carbocycles. The number of hydrogen-bond donors (Lipinski definition) is 1. The van der Waals surface area contributed by atoms with Gasteiger partial charge < -0.3 is 10.1 Å². The van der Waals surface area contributed by atoms with E-state index in [9.17, 15) is 9.59 Å². The fraction of sp³-hybridized carbons (Fsp3) is 0.235. The first-order valence-electron chi connectivity index (χ1n) is 6.92. The zero-order chi connectivity index (χ0) is 16.1. The van der Waals surface area contributed by atoms with Gasteiger partial charge in [0, 0.05) is 30.4 Å². The van der Waals surface area contributed by atoms with E-state index < -0.39 is 12.2 Å². The third-order valence-electron chi connectivity index (χ3n) is 3.04. The molecule has 0 unspecified atom stereocenters. The van der Waals surface area contributed by atoms with E-state index in [-0.39, 0.29) is 5.91 Å². The Hall–Kier alpha value is -2.69. The number of nitrogens with zero attached hydrogens (tertiary/aromatic N) is 1. The third kappa shape index (κ3) is 4.15. The van der Waals surface area contributed by atoms with E-state index >= 15 is 0 Å². The summed E-state index contributed by atoms with van der Waals surface area (Å²) in [6.07, 6.45) is 2.32. The summed E-state index contributed by atoms with van der Waals surface area (Å²) in [6, 6.07) is 8.95. The van der Waals surface area contributed by atoms with E-state index in [2.05, 4.69) is 10.3 Å². The van der Waals surface area contributed by atoms with Crippen LogP contribution in [-0.2, 0) is 9.53 Å². The molecule has 0 fully saturated rings. The molecule has 1 N–H and O–H groups in total. The second-order valence-electron chi connectivity index (χ2n) is 5.12. The summed E-state index contributed by atoms with van der Waals surface area (Å²) in [5.74, 6) is -0.766. The van der Waals surface area contributed by atoms with Crippen LogP contribution in [0.1, 0.15) is 40.2 Å². The summed E-state index contributed by atoms with van der Waals surface area (Å²) in [5.41, 5.74) is 3.18. The maximum absolute atomic E-state index is 12.4. The molecule has 1 aromatic heterocycles. The first kappa shape index (κ1) is 15.7. The minimum Gasteiger partial charge on any atom is -0.437 e. The van der Waals surface area contributed by atoms with Crippen molar-refractivity contribution < 1.29 is 14.3 Å². The molecule has 0 saturated carbocycles. The molecular weight excluding hydrogens is 280 g/mol. The largest absolute Gasteiger partial charge is 0.437 e. The molecule has 0 aliphatic heterocycles. The Morgan fingerprint density at radius 2 is 1.68 bits per heavy atom. The van der Waals surface area contributed by atoms with Gasteiger partial charge in [-0.05, 0) is 38.1 Å². The summed E-state index contributed by atoms with van der Waals surface area (Å²) in [7, 11) is 0. The molecule has 0 radical (unpaired) electrons. The maximum Gasteiger partial charge on any atom is 0.304 e. The average Bonchev–Trinajstić information content (AvgIpc) is 2.46. The molecule has 0 bridgehead atoms. The highest BCUT2D eigenvalue weighted by Crippen LogP contribution is 2.16. The van der Waals surface area contributed by atoms with E-state index in [0.717, 1.165) is 11.1 Å². The lowest BCUT2D eigenvalue weighted by Crippen LogP contribution is -2.31. The van der Waals surface area contributed by atoms with Gasteiger partial charge >= 0.3 is 5.97 Å². The van der Waals surface area contributed by atoms with Crippen LogP contribution in [0.15, 0.2) is 42.7 Å². The summed E-state index contributed by atoms with van der Waals surface area (Å²) >= 11 is 0. The van der Waals surface area contributed by atoms with Crippen LogP contribution in [0, 0.1) is 13.8 Å². The number of aryl methyl sites for hydroxylation is 2. The Kier molecular flexibility index (Phi) is 4.88. The highest BCUT2D eigenvalue weighted by Gasteiger charge is 2.18. The van der Waals surface area contributed by atoms with Gasteiger partial charge in [-0.3, -0.25) is 14.6 Å². The van der Waals surface area contributed by atoms with E-state index in [1.165, 1.54) is 6.92 Å². The van der Waals surface area contributed by atoms with Crippen molar-refractivity contribution in [2.75, 3.05) is 0 Å². The van der Waals surface area contributed by atoms with E-state index in [0.29, 0.717) is 11.1 Å². The molecule has 1 heterocycles. The molecule has 1 aromatic carbocycles. The highest BCUT2D eigenvalue weighted by atomic mass is 16.6. The number of rotatable bonds is 4. The molecule has 1 atom stereocenters. The summed E-state index contributed by atoms with van der Waals surface area (Å²) < 4.78 is 5.19. The number of benzene rings is 1. The predicted molar refractivity (Wildman–Crippen MR) is 82.1 cm³/mol. The molecule has 0 aliphatic rings. The van der Waals surface area contributed by atoms with Gasteiger partial charge in [-0.15, -0.1) is 0 Å². The number of amides is 1. The van der Waals surface area contributed by atoms with Gasteiger partial charge in [0.05, 0.1) is 0 Å². The number of esters is 1. The predicted octanol–water partition coefficient (Wildman–Crippen LogP) is 2.69. The fourth-order valence-electron chi connectivity index (χ4n) is 2.19. The van der Waals surface area contributed by atoms with Crippen LogP contribution < -0.4 is 5.32 Å². The van der Waals surface area contributed by atoms with Crippen LogP contribution in [0.25, 0.3) is 0 Å². The smallest absolute Gasteiger partial charge is 0.304 e. The van der Waals surface area contributed by atoms with Crippen molar-refractivity contribution in [2.24, 2.45) is 0 Å². The van der Waals surface area contributed by atoms with Crippen molar-refractivity contribution in [1.82, 2.24) is 10.3 Å². The van der Waals surface area contributed by atoms with Crippen LogP contribution in [-0.4, -0.2) is 16.9 Å². The van der Waals surface area contributed by atoms with Gasteiger partial charge in [-0.2, -0.15) is 0 Å². The Morgan fingerprint density at radius 1 is 1.09 bits per heavy atom. The molecule has 5 heteroatoms. The number of pyridine rings is 1. The molecule has 0 spiro atoms. The number of nitrogens with one attached hydrogen (secondary N) is 1. The van der Waals surface area contributed by atoms with Gasteiger partial charge in [0.2, 0.25) is 6.23 Å². The lowest BCUT2D eigenvalue weighted by molar-refractivity contribution is -0.147. The monoisotopic (exact) mass is 298 g/mol. The van der Waals surface area contributed by atoms with Crippen LogP contribution in [0.5, 0.6) is 0 Å². The lowest BCUT2D eigenvalue weighted by atomic mass is 10.1. The Balaban J connectivity index is 2.23. The van der Waals surface area contributed by atoms with Crippen molar-refractivity contribution >= 4 is 11.9 Å². The van der Waals surface area contributed by atoms with Crippen LogP contribution >= 0.6 is 0 Å². The van der Waals surface area contributed by atoms with Crippen LogP contribution in [0.4, 0.5) is 0 Å². The number of carbonyl (C=O) groups excluding carboxylic acids is 2. The quantitative estimate of drug-likeness (QED) is 0.696. The van der Waals surface area contributed by atoms with Crippen molar-refractivity contribution in [3.8, 4) is 0 Å². The molecule has 2 aromatic rings. The van der Waals surface area contributed by atoms with Crippen molar-refractivity contribution in [1.29, 1.82) is 0 Å². The summed E-state index contributed by atoms with van der Waals surface area (Å²) in [5, 5.41) is 2.73. The highest BCUT2D eigenvalue weighted by molar-refractivity contribution is 5.94. The second-order valence-corrected chi connectivity index (χ2v) is 5.12. The summed E-state index contributed by atoms with van der Waals surface area (Å²) in [4.78, 5) is 27.6. The van der Waals surface area contributed by atoms with E-state index in [4.69, 9.17) is 4.74 Å². The second kappa shape index (κ2) is 6.85. The molecule has 22 heavy (non-hydrogen) atoms. The van der Waals surface area contributed by atoms with Gasteiger partial charge in [-0.25, -0.2) is 0 Å². The fourth-order valence-corrected chi connectivity index (χ4v) is 2.19. The minimum absolute atomic E-state index is 0.296. The number of hydrogen-bond acceptors (Lipinski definition) is 4. The first-order chi connectivity index (χ1) is 10.5. The van der Waals surface area contributed by atoms with Gasteiger partial charge in [0.25, 0.3) is 5.91 Å². The molecule has 0 saturated heterocycles. The van der Waals surface area contributed by atoms with Crippen LogP contribution in [0.3, 0.4) is 0 Å². The zero-order valence-electron chi connectivity index (χ0n) is 12.8. The molecule has 114 valence electrons. The molecular formula is C17H18N2O3. The minimum atomic E-state index is -0.839. The van der Waals surface area contributed by atoms with Crippen molar-refractivity contribution in [2.45, 2.75) is 27.0 Å². The topological polar surface area (TPSA) is 68.3 Å². The zero-order valence-corrected chi connectivity index (χ0v) is 12.8. The van der Waals surface area contributed by atoms with Crippen molar-refractivity contribution in [3.63, 3.8) is 0 Å². The van der Waals surface area contributed by atoms with Crippen molar-refractivity contribution in [3.05, 3.63) is 65.0 Å². The van der Waals surface area contributed by atoms with E-state index in [1.807, 2.05) is 19.9 Å². The Bertz CT molecular complexity index is 663. The van der Waals surface area contributed by atoms with Gasteiger partial charge in [0.15, 0.2) is 0 Å². The van der Waals surface area contributed by atoms with E-state index in [1.54, 1.807) is 36.7 Å². The molecule has 1 amide bonds. The third-order valence-corrected chi connectivity index (χ3v) is 3.04. The van der Waals surface area contributed by atoms with Crippen LogP contribution in [0.2, 0.25) is 0 Å².